The van der Waals surface area contributed by atoms with Crippen molar-refractivity contribution in [2.45, 2.75) is 115 Å². The molecule has 0 radical (unpaired) electrons. The van der Waals surface area contributed by atoms with Gasteiger partial charge in [0, 0.05) is 80.8 Å². The summed E-state index contributed by atoms with van der Waals surface area (Å²) in [5.41, 5.74) is 7.50. The third-order valence-electron chi connectivity index (χ3n) is 13.4. The van der Waals surface area contributed by atoms with Crippen LogP contribution in [0.2, 0.25) is 0 Å². The molecule has 3 aliphatic heterocycles. The molecule has 10 rings (SSSR count). The normalized spacial score (nSPS) is 20.6. The first-order valence-electron chi connectivity index (χ1n) is 21.6. The zero-order valence-corrected chi connectivity index (χ0v) is 35.5. The van der Waals surface area contributed by atoms with Gasteiger partial charge in [-0.3, -0.25) is 19.7 Å². The Hall–Kier alpha value is -6.29. The van der Waals surface area contributed by atoms with Crippen LogP contribution in [0.15, 0.2) is 85.2 Å². The molecule has 1 saturated heterocycles. The van der Waals surface area contributed by atoms with Crippen molar-refractivity contribution in [3.63, 3.8) is 0 Å². The van der Waals surface area contributed by atoms with Gasteiger partial charge in [0.2, 0.25) is 17.7 Å². The number of para-hydroxylation sites is 3. The number of piperidine rings is 1. The number of hydroxylamine groups is 2. The summed E-state index contributed by atoms with van der Waals surface area (Å²) in [5.74, 6) is -0.942. The molecule has 62 heavy (non-hydrogen) atoms. The van der Waals surface area contributed by atoms with Crippen LogP contribution in [0, 0.1) is 0 Å². The van der Waals surface area contributed by atoms with Crippen LogP contribution < -0.4 is 16.0 Å². The van der Waals surface area contributed by atoms with Gasteiger partial charge in [0.05, 0.1) is 31.4 Å². The predicted octanol–water partition coefficient (Wildman–Crippen LogP) is 5.32. The number of rotatable bonds is 9. The van der Waals surface area contributed by atoms with Gasteiger partial charge in [-0.25, -0.2) is 4.68 Å². The molecule has 7 N–H and O–H groups in total. The molecule has 0 aliphatic carbocycles. The van der Waals surface area contributed by atoms with Gasteiger partial charge in [-0.1, -0.05) is 59.8 Å². The van der Waals surface area contributed by atoms with Crippen LogP contribution >= 0.6 is 0 Å². The molecule has 0 unspecified atom stereocenters. The van der Waals surface area contributed by atoms with Gasteiger partial charge in [-0.05, 0) is 81.8 Å². The minimum Gasteiger partial charge on any atom is -0.361 e. The summed E-state index contributed by atoms with van der Waals surface area (Å²) in [4.78, 5) is 56.1. The molecule has 0 bridgehead atoms. The van der Waals surface area contributed by atoms with Crippen molar-refractivity contribution in [3.05, 3.63) is 119 Å². The van der Waals surface area contributed by atoms with E-state index in [9.17, 15) is 19.6 Å². The van der Waals surface area contributed by atoms with E-state index < -0.39 is 35.1 Å². The van der Waals surface area contributed by atoms with Crippen molar-refractivity contribution in [1.29, 1.82) is 0 Å². The largest absolute Gasteiger partial charge is 0.361 e. The van der Waals surface area contributed by atoms with E-state index in [-0.39, 0.29) is 43.8 Å². The summed E-state index contributed by atoms with van der Waals surface area (Å²) < 4.78 is 1.83. The van der Waals surface area contributed by atoms with E-state index in [1.54, 1.807) is 4.90 Å². The van der Waals surface area contributed by atoms with Crippen LogP contribution in [-0.2, 0) is 53.3 Å². The molecular weight excluding hydrogens is 783 g/mol. The van der Waals surface area contributed by atoms with Crippen molar-refractivity contribution < 1.29 is 19.6 Å². The lowest BCUT2D eigenvalue weighted by atomic mass is 9.79. The fourth-order valence-corrected chi connectivity index (χ4v) is 10.5. The predicted molar refractivity (Wildman–Crippen MR) is 235 cm³/mol. The number of H-pyrrole nitrogens is 3. The highest BCUT2D eigenvalue weighted by atomic mass is 16.5. The molecule has 4 aromatic heterocycles. The number of aromatic nitrogens is 6. The molecule has 1 fully saturated rings. The molecule has 320 valence electrons. The van der Waals surface area contributed by atoms with Crippen LogP contribution in [0.5, 0.6) is 0 Å². The third-order valence-corrected chi connectivity index (χ3v) is 13.4. The minimum atomic E-state index is -0.977. The van der Waals surface area contributed by atoms with Gasteiger partial charge in [0.25, 0.3) is 0 Å². The first-order valence-corrected chi connectivity index (χ1v) is 21.6. The maximum Gasteiger partial charge on any atom is 0.243 e. The lowest BCUT2D eigenvalue weighted by Crippen LogP contribution is -2.60. The van der Waals surface area contributed by atoms with Gasteiger partial charge in [0.15, 0.2) is 0 Å². The summed E-state index contributed by atoms with van der Waals surface area (Å²) in [6.45, 7) is 8.86. The summed E-state index contributed by atoms with van der Waals surface area (Å²) in [6.07, 6.45) is 6.05. The number of hydrogen-bond donors (Lipinski definition) is 7. The second kappa shape index (κ2) is 15.3. The highest BCUT2D eigenvalue weighted by Crippen LogP contribution is 2.42. The van der Waals surface area contributed by atoms with Crippen molar-refractivity contribution in [3.8, 4) is 0 Å². The van der Waals surface area contributed by atoms with E-state index in [4.69, 9.17) is 0 Å². The van der Waals surface area contributed by atoms with Crippen LogP contribution in [0.3, 0.4) is 0 Å². The number of benzene rings is 3. The highest BCUT2D eigenvalue weighted by molar-refractivity contribution is 5.96. The lowest BCUT2D eigenvalue weighted by molar-refractivity contribution is -0.249. The Bertz CT molecular complexity index is 2830. The van der Waals surface area contributed by atoms with Gasteiger partial charge >= 0.3 is 0 Å². The van der Waals surface area contributed by atoms with Crippen LogP contribution in [0.1, 0.15) is 80.4 Å². The molecule has 15 heteroatoms. The second-order valence-corrected chi connectivity index (χ2v) is 18.6. The number of nitrogens with zero attached hydrogens (tertiary/aromatic N) is 5. The summed E-state index contributed by atoms with van der Waals surface area (Å²) in [7, 11) is 0. The second-order valence-electron chi connectivity index (χ2n) is 18.6. The van der Waals surface area contributed by atoms with Crippen LogP contribution in [0.25, 0.3) is 32.7 Å². The van der Waals surface area contributed by atoms with E-state index >= 15 is 0 Å². The molecule has 0 spiro atoms. The van der Waals surface area contributed by atoms with Crippen molar-refractivity contribution in [2.24, 2.45) is 0 Å². The molecule has 3 atom stereocenters. The van der Waals surface area contributed by atoms with Crippen molar-refractivity contribution >= 4 is 50.4 Å². The summed E-state index contributed by atoms with van der Waals surface area (Å²) in [6, 6.07) is 21.6. The Labute approximate surface area is 358 Å². The van der Waals surface area contributed by atoms with E-state index in [0.29, 0.717) is 31.5 Å². The van der Waals surface area contributed by atoms with Crippen molar-refractivity contribution in [1.82, 2.24) is 55.9 Å². The van der Waals surface area contributed by atoms with Crippen molar-refractivity contribution in [2.75, 3.05) is 0 Å². The van der Waals surface area contributed by atoms with E-state index in [0.717, 1.165) is 60.8 Å². The fraction of sp³-hybridized carbons (Fsp3) is 0.383. The fourth-order valence-electron chi connectivity index (χ4n) is 10.5. The zero-order valence-electron chi connectivity index (χ0n) is 35.5. The molecule has 3 aromatic carbocycles. The van der Waals surface area contributed by atoms with E-state index in [1.807, 2.05) is 112 Å². The molecule has 15 nitrogen and oxygen atoms in total. The first-order chi connectivity index (χ1) is 29.8. The maximum atomic E-state index is 14.9. The SMILES string of the molecule is CC1(C)CC(n2cc(CNC(=O)[C@@H](Cc3c[nH]c4ccccc34)NC(=O)[C@@H]3Cc4c([nH]c5ccccc45)CN3C(=O)[C@@H]3Cc4c([nH]c5ccccc45)CN3)nn2)CC(C)(C)N1O. The number of hydrogen-bond acceptors (Lipinski definition) is 8. The van der Waals surface area contributed by atoms with Gasteiger partial charge in [0.1, 0.15) is 17.8 Å². The molecule has 7 aromatic rings. The molecule has 3 amide bonds. The quantitative estimate of drug-likeness (QED) is 0.102. The van der Waals surface area contributed by atoms with E-state index in [2.05, 4.69) is 47.3 Å². The molecule has 0 saturated carbocycles. The summed E-state index contributed by atoms with van der Waals surface area (Å²) in [5, 5.41) is 33.8. The maximum absolute atomic E-state index is 14.9. The topological polar surface area (TPSA) is 192 Å². The zero-order chi connectivity index (χ0) is 42.9. The number of nitrogens with one attached hydrogen (secondary N) is 6. The average Bonchev–Trinajstić information content (AvgIpc) is 4.07. The summed E-state index contributed by atoms with van der Waals surface area (Å²) >= 11 is 0. The Balaban J connectivity index is 0.921. The number of amides is 3. The number of aromatic amines is 3. The Morgan fingerprint density at radius 3 is 2.18 bits per heavy atom. The smallest absolute Gasteiger partial charge is 0.243 e. The first kappa shape index (κ1) is 39.8. The highest BCUT2D eigenvalue weighted by Gasteiger charge is 2.46. The number of fused-ring (bicyclic) bond motifs is 7. The average molecular weight is 836 g/mol. The van der Waals surface area contributed by atoms with Crippen LogP contribution in [-0.4, -0.2) is 92.0 Å². The Morgan fingerprint density at radius 1 is 0.839 bits per heavy atom. The number of carbonyl (C=O) groups is 3. The van der Waals surface area contributed by atoms with Gasteiger partial charge in [-0.2, -0.15) is 5.06 Å². The standard InChI is InChI=1S/C47H53N11O4/c1-46(2)20-29(21-47(3,4)58(46)62)57-25-28(54-55-57)23-50-43(59)38(17-27-22-48-35-14-8-5-11-30(27)35)53-44(60)42-19-34-32-13-7-10-16-37(32)52-41(34)26-56(42)45(61)39-18-33-31-12-6-9-15-36(31)51-40(33)24-49-39/h5-16,22,25,29,38-39,42,48-49,51-52,62H,17-21,23-24,26H2,1-4H3,(H,50,59)(H,53,60)/t38-,39+,42+/m1/s1. The monoisotopic (exact) mass is 835 g/mol. The van der Waals surface area contributed by atoms with E-state index in [1.165, 1.54) is 5.06 Å². The molecular formula is C47H53N11O4. The van der Waals surface area contributed by atoms with Crippen LogP contribution in [0.4, 0.5) is 0 Å². The van der Waals surface area contributed by atoms with Gasteiger partial charge < -0.3 is 35.7 Å². The lowest BCUT2D eigenvalue weighted by Gasteiger charge is -2.51. The Kier molecular flexibility index (Phi) is 9.80. The molecule has 7 heterocycles. The minimum absolute atomic E-state index is 0.00120. The Morgan fingerprint density at radius 2 is 1.47 bits per heavy atom. The number of carbonyl (C=O) groups excluding carboxylic acids is 3. The molecule has 3 aliphatic rings. The van der Waals surface area contributed by atoms with Gasteiger partial charge in [-0.15, -0.1) is 5.10 Å². The third kappa shape index (κ3) is 7.13.